The second kappa shape index (κ2) is 6.34. The van der Waals surface area contributed by atoms with Crippen LogP contribution in [-0.4, -0.2) is 20.6 Å². The summed E-state index contributed by atoms with van der Waals surface area (Å²) in [7, 11) is 0. The van der Waals surface area contributed by atoms with Crippen LogP contribution < -0.4 is 5.56 Å². The van der Waals surface area contributed by atoms with E-state index in [1.807, 2.05) is 17.5 Å². The lowest BCUT2D eigenvalue weighted by molar-refractivity contribution is -0.137. The van der Waals surface area contributed by atoms with Crippen molar-refractivity contribution >= 4 is 27.5 Å². The third-order valence-corrected chi connectivity index (χ3v) is 4.69. The number of carboxylic acids is 1. The molecule has 0 saturated heterocycles. The minimum Gasteiger partial charge on any atom is -0.481 e. The van der Waals surface area contributed by atoms with Crippen LogP contribution in [0.1, 0.15) is 18.9 Å². The van der Waals surface area contributed by atoms with Gasteiger partial charge >= 0.3 is 5.97 Å². The highest BCUT2D eigenvalue weighted by molar-refractivity contribution is 7.17. The van der Waals surface area contributed by atoms with Crippen LogP contribution in [0.3, 0.4) is 0 Å². The average molecular weight is 328 g/mol. The molecule has 0 bridgehead atoms. The van der Waals surface area contributed by atoms with E-state index in [2.05, 4.69) is 24.0 Å². The van der Waals surface area contributed by atoms with E-state index in [1.54, 1.807) is 0 Å². The first kappa shape index (κ1) is 15.4. The Balaban J connectivity index is 2.08. The quantitative estimate of drug-likeness (QED) is 0.781. The molecule has 0 unspecified atom stereocenters. The van der Waals surface area contributed by atoms with E-state index < -0.39 is 5.97 Å². The lowest BCUT2D eigenvalue weighted by atomic mass is 10.0. The molecule has 3 aromatic rings. The summed E-state index contributed by atoms with van der Waals surface area (Å²) >= 11 is 1.43. The minimum absolute atomic E-state index is 0.0994. The first-order valence-corrected chi connectivity index (χ1v) is 8.26. The van der Waals surface area contributed by atoms with Gasteiger partial charge < -0.3 is 5.11 Å². The summed E-state index contributed by atoms with van der Waals surface area (Å²) in [5.41, 5.74) is 2.88. The summed E-state index contributed by atoms with van der Waals surface area (Å²) < 4.78 is 1.37. The van der Waals surface area contributed by atoms with Gasteiger partial charge in [-0.3, -0.25) is 14.2 Å². The van der Waals surface area contributed by atoms with Gasteiger partial charge in [-0.2, -0.15) is 0 Å². The van der Waals surface area contributed by atoms with Crippen LogP contribution in [0.5, 0.6) is 0 Å². The molecule has 5 nitrogen and oxygen atoms in total. The van der Waals surface area contributed by atoms with Crippen LogP contribution in [0.25, 0.3) is 21.3 Å². The van der Waals surface area contributed by atoms with Crippen LogP contribution >= 0.6 is 11.3 Å². The van der Waals surface area contributed by atoms with E-state index in [-0.39, 0.29) is 18.5 Å². The van der Waals surface area contributed by atoms with Crippen LogP contribution in [0.15, 0.2) is 40.8 Å². The van der Waals surface area contributed by atoms with E-state index in [1.165, 1.54) is 27.8 Å². The fourth-order valence-corrected chi connectivity index (χ4v) is 3.38. The van der Waals surface area contributed by atoms with Crippen molar-refractivity contribution < 1.29 is 9.90 Å². The van der Waals surface area contributed by atoms with Crippen molar-refractivity contribution in [2.75, 3.05) is 0 Å². The number of fused-ring (bicyclic) bond motifs is 1. The van der Waals surface area contributed by atoms with Crippen molar-refractivity contribution in [1.29, 1.82) is 0 Å². The van der Waals surface area contributed by atoms with Gasteiger partial charge in [-0.25, -0.2) is 4.98 Å². The monoisotopic (exact) mass is 328 g/mol. The Kier molecular flexibility index (Phi) is 4.25. The number of thiophene rings is 1. The number of nitrogens with zero attached hydrogens (tertiary/aromatic N) is 2. The maximum absolute atomic E-state index is 12.7. The number of carbonyl (C=O) groups is 1. The molecule has 0 aliphatic carbocycles. The second-order valence-corrected chi connectivity index (χ2v) is 6.12. The Morgan fingerprint density at radius 3 is 2.70 bits per heavy atom. The molecule has 0 spiro atoms. The molecule has 3 rings (SSSR count). The topological polar surface area (TPSA) is 72.2 Å². The van der Waals surface area contributed by atoms with Crippen molar-refractivity contribution in [1.82, 2.24) is 9.55 Å². The highest BCUT2D eigenvalue weighted by Crippen LogP contribution is 2.30. The zero-order chi connectivity index (χ0) is 16.4. The third kappa shape index (κ3) is 3.03. The lowest BCUT2D eigenvalue weighted by Gasteiger charge is -2.05. The van der Waals surface area contributed by atoms with Gasteiger partial charge in [0, 0.05) is 17.5 Å². The molecule has 1 N–H and O–H groups in total. The summed E-state index contributed by atoms with van der Waals surface area (Å²) in [5.74, 6) is -0.933. The fraction of sp³-hybridized carbons (Fsp3) is 0.235. The van der Waals surface area contributed by atoms with Gasteiger partial charge in [0.05, 0.1) is 18.1 Å². The van der Waals surface area contributed by atoms with Crippen molar-refractivity contribution in [2.45, 2.75) is 26.3 Å². The first-order valence-electron chi connectivity index (χ1n) is 7.38. The molecule has 0 saturated carbocycles. The molecule has 23 heavy (non-hydrogen) atoms. The highest BCUT2D eigenvalue weighted by Gasteiger charge is 2.13. The molecule has 0 atom stereocenters. The maximum atomic E-state index is 12.7. The largest absolute Gasteiger partial charge is 0.481 e. The van der Waals surface area contributed by atoms with E-state index in [4.69, 9.17) is 5.11 Å². The van der Waals surface area contributed by atoms with Gasteiger partial charge in [0.25, 0.3) is 5.56 Å². The van der Waals surface area contributed by atoms with Crippen LogP contribution in [0, 0.1) is 0 Å². The molecule has 1 aromatic carbocycles. The number of aliphatic carboxylic acids is 1. The molecular weight excluding hydrogens is 312 g/mol. The van der Waals surface area contributed by atoms with Crippen LogP contribution in [0.2, 0.25) is 0 Å². The summed E-state index contributed by atoms with van der Waals surface area (Å²) in [6.45, 7) is 2.22. The molecular formula is C17H16N2O3S. The molecule has 118 valence electrons. The minimum atomic E-state index is -0.933. The maximum Gasteiger partial charge on any atom is 0.305 e. The number of aromatic nitrogens is 2. The summed E-state index contributed by atoms with van der Waals surface area (Å²) in [5, 5.41) is 11.3. The number of carboxylic acid groups (broad SMARTS) is 1. The van der Waals surface area contributed by atoms with Gasteiger partial charge in [-0.15, -0.1) is 11.3 Å². The Morgan fingerprint density at radius 2 is 2.04 bits per heavy atom. The van der Waals surface area contributed by atoms with Crippen molar-refractivity contribution in [3.05, 3.63) is 51.9 Å². The van der Waals surface area contributed by atoms with Crippen molar-refractivity contribution in [3.63, 3.8) is 0 Å². The predicted molar refractivity (Wildman–Crippen MR) is 90.9 cm³/mol. The number of rotatable bonds is 5. The zero-order valence-electron chi connectivity index (χ0n) is 12.7. The summed E-state index contributed by atoms with van der Waals surface area (Å²) in [6, 6.07) is 8.12. The van der Waals surface area contributed by atoms with Gasteiger partial charge in [-0.05, 0) is 17.5 Å². The van der Waals surface area contributed by atoms with E-state index in [0.717, 1.165) is 17.5 Å². The van der Waals surface area contributed by atoms with E-state index in [9.17, 15) is 9.59 Å². The Hall–Kier alpha value is -2.47. The van der Waals surface area contributed by atoms with Gasteiger partial charge in [0.15, 0.2) is 0 Å². The fourth-order valence-electron chi connectivity index (χ4n) is 2.48. The smallest absolute Gasteiger partial charge is 0.305 e. The molecule has 0 fully saturated rings. The Bertz CT molecular complexity index is 910. The number of benzene rings is 1. The Labute approximate surface area is 136 Å². The highest BCUT2D eigenvalue weighted by atomic mass is 32.1. The van der Waals surface area contributed by atoms with Crippen LogP contribution in [-0.2, 0) is 17.8 Å². The molecule has 0 radical (unpaired) electrons. The SMILES string of the molecule is CCc1ccc(-c2csc3ncn(CCC(=O)O)c(=O)c23)cc1. The number of aryl methyl sites for hydroxylation is 2. The van der Waals surface area contributed by atoms with Gasteiger partial charge in [0.1, 0.15) is 4.83 Å². The van der Waals surface area contributed by atoms with E-state index in [0.29, 0.717) is 10.2 Å². The molecule has 0 aliphatic rings. The zero-order valence-corrected chi connectivity index (χ0v) is 13.5. The van der Waals surface area contributed by atoms with Gasteiger partial charge in [0.2, 0.25) is 0 Å². The number of hydrogen-bond acceptors (Lipinski definition) is 4. The predicted octanol–water partition coefficient (Wildman–Crippen LogP) is 3.16. The van der Waals surface area contributed by atoms with Crippen LogP contribution in [0.4, 0.5) is 0 Å². The third-order valence-electron chi connectivity index (χ3n) is 3.80. The average Bonchev–Trinajstić information content (AvgIpc) is 2.99. The lowest BCUT2D eigenvalue weighted by Crippen LogP contribution is -2.21. The van der Waals surface area contributed by atoms with E-state index >= 15 is 0 Å². The van der Waals surface area contributed by atoms with Crippen molar-refractivity contribution in [3.8, 4) is 11.1 Å². The molecule has 0 amide bonds. The molecule has 2 heterocycles. The normalized spacial score (nSPS) is 11.0. The summed E-state index contributed by atoms with van der Waals surface area (Å²) in [4.78, 5) is 28.3. The Morgan fingerprint density at radius 1 is 1.30 bits per heavy atom. The first-order chi connectivity index (χ1) is 11.1. The second-order valence-electron chi connectivity index (χ2n) is 5.27. The molecule has 2 aromatic heterocycles. The van der Waals surface area contributed by atoms with Crippen molar-refractivity contribution in [2.24, 2.45) is 0 Å². The summed E-state index contributed by atoms with van der Waals surface area (Å²) in [6.07, 6.45) is 2.29. The standard InChI is InChI=1S/C17H16N2O3S/c1-2-11-3-5-12(6-4-11)13-9-23-16-15(13)17(22)19(10-18-16)8-7-14(20)21/h3-6,9-10H,2,7-8H2,1H3,(H,20,21). The molecule has 0 aliphatic heterocycles. The van der Waals surface area contributed by atoms with Gasteiger partial charge in [-0.1, -0.05) is 31.2 Å². The molecule has 6 heteroatoms. The number of hydrogen-bond donors (Lipinski definition) is 1.